The van der Waals surface area contributed by atoms with Crippen LogP contribution in [0.3, 0.4) is 0 Å². The fourth-order valence-electron chi connectivity index (χ4n) is 2.82. The first-order valence-electron chi connectivity index (χ1n) is 6.53. The molecule has 0 amide bonds. The van der Waals surface area contributed by atoms with Crippen molar-refractivity contribution >= 4 is 33.1 Å². The highest BCUT2D eigenvalue weighted by Gasteiger charge is 2.14. The van der Waals surface area contributed by atoms with Gasteiger partial charge in [-0.15, -0.1) is 0 Å². The van der Waals surface area contributed by atoms with Crippen molar-refractivity contribution in [3.8, 4) is 0 Å². The maximum Gasteiger partial charge on any atom is 0.160 e. The van der Waals surface area contributed by atoms with Crippen LogP contribution in [-0.4, -0.2) is 19.6 Å². The van der Waals surface area contributed by atoms with Crippen LogP contribution in [0.5, 0.6) is 0 Å². The van der Waals surface area contributed by atoms with E-state index in [0.29, 0.717) is 0 Å². The minimum absolute atomic E-state index is 0.0149. The van der Waals surface area contributed by atoms with Crippen LogP contribution in [0.2, 0.25) is 0 Å². The normalized spacial score (nSPS) is 11.7. The number of para-hydroxylation sites is 3. The molecule has 2 aromatic heterocycles. The van der Waals surface area contributed by atoms with Crippen molar-refractivity contribution in [2.24, 2.45) is 7.05 Å². The minimum Gasteiger partial charge on any atom is -0.392 e. The molecule has 4 heteroatoms. The highest BCUT2D eigenvalue weighted by atomic mass is 16.3. The maximum absolute atomic E-state index is 9.52. The summed E-state index contributed by atoms with van der Waals surface area (Å²) in [4.78, 5) is 9.45. The summed E-state index contributed by atoms with van der Waals surface area (Å²) in [6.45, 7) is 0.0149. The molecule has 0 atom stereocenters. The SMILES string of the molecule is Cn1c2nc3ccccc3nc2c2cccc(CO)c21. The third-order valence-electron chi connectivity index (χ3n) is 3.75. The molecule has 0 saturated heterocycles. The third-order valence-corrected chi connectivity index (χ3v) is 3.75. The van der Waals surface area contributed by atoms with E-state index in [9.17, 15) is 5.11 Å². The highest BCUT2D eigenvalue weighted by molar-refractivity contribution is 6.07. The van der Waals surface area contributed by atoms with E-state index in [1.807, 2.05) is 54.1 Å². The lowest BCUT2D eigenvalue weighted by Crippen LogP contribution is -1.94. The molecule has 20 heavy (non-hydrogen) atoms. The van der Waals surface area contributed by atoms with Gasteiger partial charge in [-0.1, -0.05) is 30.3 Å². The van der Waals surface area contributed by atoms with E-state index in [-0.39, 0.29) is 6.61 Å². The Labute approximate surface area is 115 Å². The first-order chi connectivity index (χ1) is 9.79. The van der Waals surface area contributed by atoms with Crippen LogP contribution >= 0.6 is 0 Å². The molecular weight excluding hydrogens is 250 g/mol. The van der Waals surface area contributed by atoms with Gasteiger partial charge in [0, 0.05) is 18.0 Å². The van der Waals surface area contributed by atoms with Crippen LogP contribution < -0.4 is 0 Å². The van der Waals surface area contributed by atoms with Crippen molar-refractivity contribution in [2.75, 3.05) is 0 Å². The zero-order chi connectivity index (χ0) is 13.7. The molecule has 0 aliphatic rings. The van der Waals surface area contributed by atoms with E-state index in [0.717, 1.165) is 38.7 Å². The molecule has 4 aromatic rings. The molecule has 2 heterocycles. The van der Waals surface area contributed by atoms with Gasteiger partial charge in [-0.2, -0.15) is 0 Å². The van der Waals surface area contributed by atoms with Crippen molar-refractivity contribution in [3.63, 3.8) is 0 Å². The molecule has 0 unspecified atom stereocenters. The number of benzene rings is 2. The van der Waals surface area contributed by atoms with Crippen LogP contribution in [0.25, 0.3) is 33.1 Å². The second kappa shape index (κ2) is 4.02. The summed E-state index contributed by atoms with van der Waals surface area (Å²) in [7, 11) is 1.97. The van der Waals surface area contributed by atoms with Crippen LogP contribution in [0.15, 0.2) is 42.5 Å². The molecule has 2 aromatic carbocycles. The van der Waals surface area contributed by atoms with E-state index in [2.05, 4.69) is 0 Å². The number of aromatic nitrogens is 3. The number of rotatable bonds is 1. The number of aryl methyl sites for hydroxylation is 1. The van der Waals surface area contributed by atoms with E-state index in [1.54, 1.807) is 0 Å². The number of aliphatic hydroxyl groups excluding tert-OH is 1. The average Bonchev–Trinajstić information content (AvgIpc) is 2.78. The van der Waals surface area contributed by atoms with Gasteiger partial charge in [-0.25, -0.2) is 9.97 Å². The second-order valence-electron chi connectivity index (χ2n) is 4.91. The summed E-state index contributed by atoms with van der Waals surface area (Å²) in [6.07, 6.45) is 0. The summed E-state index contributed by atoms with van der Waals surface area (Å²) in [5.41, 5.74) is 5.41. The topological polar surface area (TPSA) is 50.9 Å². The van der Waals surface area contributed by atoms with Gasteiger partial charge in [-0.05, 0) is 12.1 Å². The largest absolute Gasteiger partial charge is 0.392 e. The van der Waals surface area contributed by atoms with Gasteiger partial charge in [0.2, 0.25) is 0 Å². The lowest BCUT2D eigenvalue weighted by atomic mass is 10.1. The fourth-order valence-corrected chi connectivity index (χ4v) is 2.82. The van der Waals surface area contributed by atoms with Crippen LogP contribution in [-0.2, 0) is 13.7 Å². The monoisotopic (exact) mass is 263 g/mol. The lowest BCUT2D eigenvalue weighted by molar-refractivity contribution is 0.283. The molecule has 0 bridgehead atoms. The van der Waals surface area contributed by atoms with Gasteiger partial charge in [-0.3, -0.25) is 0 Å². The molecule has 0 fully saturated rings. The van der Waals surface area contributed by atoms with E-state index >= 15 is 0 Å². The Hall–Kier alpha value is -2.46. The Bertz CT molecular complexity index is 956. The van der Waals surface area contributed by atoms with Crippen LogP contribution in [0.1, 0.15) is 5.56 Å². The quantitative estimate of drug-likeness (QED) is 0.574. The first-order valence-corrected chi connectivity index (χ1v) is 6.53. The summed E-state index contributed by atoms with van der Waals surface area (Å²) >= 11 is 0. The fraction of sp³-hybridized carbons (Fsp3) is 0.125. The number of fused-ring (bicyclic) bond motifs is 4. The van der Waals surface area contributed by atoms with E-state index in [1.165, 1.54) is 0 Å². The maximum atomic E-state index is 9.52. The Kier molecular flexibility index (Phi) is 2.28. The molecule has 0 aliphatic carbocycles. The van der Waals surface area contributed by atoms with Crippen molar-refractivity contribution in [3.05, 3.63) is 48.0 Å². The first kappa shape index (κ1) is 11.4. The van der Waals surface area contributed by atoms with Gasteiger partial charge in [0.1, 0.15) is 5.52 Å². The summed E-state index contributed by atoms with van der Waals surface area (Å²) < 4.78 is 2.01. The van der Waals surface area contributed by atoms with Crippen molar-refractivity contribution in [2.45, 2.75) is 6.61 Å². The number of aliphatic hydroxyl groups is 1. The Balaban J connectivity index is 2.28. The Morgan fingerprint density at radius 3 is 2.50 bits per heavy atom. The predicted octanol–water partition coefficient (Wildman–Crippen LogP) is 2.77. The van der Waals surface area contributed by atoms with Gasteiger partial charge >= 0.3 is 0 Å². The number of hydrogen-bond acceptors (Lipinski definition) is 3. The minimum atomic E-state index is 0.0149. The smallest absolute Gasteiger partial charge is 0.160 e. The van der Waals surface area contributed by atoms with E-state index in [4.69, 9.17) is 9.97 Å². The molecule has 4 nitrogen and oxygen atoms in total. The number of hydrogen-bond donors (Lipinski definition) is 1. The highest BCUT2D eigenvalue weighted by Crippen LogP contribution is 2.29. The third kappa shape index (κ3) is 1.39. The van der Waals surface area contributed by atoms with Crippen molar-refractivity contribution in [1.29, 1.82) is 0 Å². The molecular formula is C16H13N3O. The molecule has 98 valence electrons. The molecule has 0 aliphatic heterocycles. The lowest BCUT2D eigenvalue weighted by Gasteiger charge is -2.02. The zero-order valence-corrected chi connectivity index (χ0v) is 11.0. The summed E-state index contributed by atoms with van der Waals surface area (Å²) in [6, 6.07) is 13.8. The number of nitrogens with zero attached hydrogens (tertiary/aromatic N) is 3. The van der Waals surface area contributed by atoms with Crippen molar-refractivity contribution < 1.29 is 5.11 Å². The standard InChI is InChI=1S/C16H13N3O/c1-19-15-10(9-20)5-4-6-11(15)14-16(19)18-13-8-3-2-7-12(13)17-14/h2-8,20H,9H2,1H3. The summed E-state index contributed by atoms with van der Waals surface area (Å²) in [5, 5.41) is 10.6. The van der Waals surface area contributed by atoms with Gasteiger partial charge < -0.3 is 9.67 Å². The molecule has 4 rings (SSSR count). The molecule has 0 spiro atoms. The molecule has 0 saturated carbocycles. The van der Waals surface area contributed by atoms with Crippen molar-refractivity contribution in [1.82, 2.24) is 14.5 Å². The van der Waals surface area contributed by atoms with Gasteiger partial charge in [0.05, 0.1) is 23.2 Å². The van der Waals surface area contributed by atoms with Gasteiger partial charge in [0.25, 0.3) is 0 Å². The molecule has 1 N–H and O–H groups in total. The van der Waals surface area contributed by atoms with Crippen LogP contribution in [0, 0.1) is 0 Å². The Morgan fingerprint density at radius 2 is 1.75 bits per heavy atom. The molecule has 0 radical (unpaired) electrons. The summed E-state index contributed by atoms with van der Waals surface area (Å²) in [5.74, 6) is 0. The average molecular weight is 263 g/mol. The second-order valence-corrected chi connectivity index (χ2v) is 4.91. The van der Waals surface area contributed by atoms with E-state index < -0.39 is 0 Å². The van der Waals surface area contributed by atoms with Crippen LogP contribution in [0.4, 0.5) is 0 Å². The Morgan fingerprint density at radius 1 is 1.00 bits per heavy atom. The zero-order valence-electron chi connectivity index (χ0n) is 11.0. The predicted molar refractivity (Wildman–Crippen MR) is 79.4 cm³/mol. The van der Waals surface area contributed by atoms with Gasteiger partial charge in [0.15, 0.2) is 5.65 Å².